The Morgan fingerprint density at radius 1 is 0.433 bits per heavy atom. The standard InChI is InChI=1S/C25H42O5/c1-2-3-4-5-6-7-8-9-10-11-12-13-14-15-16-17-18-24(19-26,20-27)25(21-28,22-29)23-30/h19-23H,2-18H2,1H3. The van der Waals surface area contributed by atoms with Crippen molar-refractivity contribution in [1.82, 2.24) is 0 Å². The van der Waals surface area contributed by atoms with E-state index in [9.17, 15) is 24.0 Å². The monoisotopic (exact) mass is 422 g/mol. The van der Waals surface area contributed by atoms with Crippen molar-refractivity contribution in [3.05, 3.63) is 0 Å². The largest absolute Gasteiger partial charge is 0.302 e. The van der Waals surface area contributed by atoms with Crippen molar-refractivity contribution in [2.45, 2.75) is 116 Å². The normalized spacial score (nSPS) is 11.8. The van der Waals surface area contributed by atoms with E-state index in [1.807, 2.05) is 0 Å². The molecule has 5 nitrogen and oxygen atoms in total. The van der Waals surface area contributed by atoms with Gasteiger partial charge >= 0.3 is 0 Å². The molecule has 0 amide bonds. The molecule has 0 aliphatic heterocycles. The minimum absolute atomic E-state index is 0.0364. The molecular formula is C25H42O5. The fourth-order valence-corrected chi connectivity index (χ4v) is 3.94. The molecule has 0 aromatic heterocycles. The van der Waals surface area contributed by atoms with E-state index in [0.29, 0.717) is 6.42 Å². The Morgan fingerprint density at radius 3 is 1.00 bits per heavy atom. The van der Waals surface area contributed by atoms with Gasteiger partial charge in [0.2, 0.25) is 0 Å². The third-order valence-electron chi connectivity index (χ3n) is 6.26. The molecule has 0 spiro atoms. The van der Waals surface area contributed by atoms with E-state index in [-0.39, 0.29) is 37.9 Å². The Hall–Kier alpha value is -1.65. The SMILES string of the molecule is CCCCCCCCCCCCCCCCCCC(C=O)(C=O)C(C=O)(C=O)C=O. The number of aldehydes is 5. The first-order valence-electron chi connectivity index (χ1n) is 11.9. The minimum atomic E-state index is -2.20. The van der Waals surface area contributed by atoms with Crippen LogP contribution in [0.5, 0.6) is 0 Å². The first-order chi connectivity index (χ1) is 14.6. The second-order valence-electron chi connectivity index (χ2n) is 8.62. The lowest BCUT2D eigenvalue weighted by Gasteiger charge is -2.31. The Kier molecular flexibility index (Phi) is 17.1. The van der Waals surface area contributed by atoms with Gasteiger partial charge in [-0.3, -0.25) is 0 Å². The second kappa shape index (κ2) is 18.1. The van der Waals surface area contributed by atoms with Crippen molar-refractivity contribution >= 4 is 31.4 Å². The van der Waals surface area contributed by atoms with Crippen LogP contribution in [0.3, 0.4) is 0 Å². The molecule has 0 atom stereocenters. The minimum Gasteiger partial charge on any atom is -0.302 e. The van der Waals surface area contributed by atoms with Crippen molar-refractivity contribution in [2.24, 2.45) is 10.8 Å². The summed E-state index contributed by atoms with van der Waals surface area (Å²) >= 11 is 0. The van der Waals surface area contributed by atoms with Crippen molar-refractivity contribution in [1.29, 1.82) is 0 Å². The molecule has 0 heterocycles. The summed E-state index contributed by atoms with van der Waals surface area (Å²) in [4.78, 5) is 56.7. The highest BCUT2D eigenvalue weighted by Crippen LogP contribution is 2.36. The molecule has 0 saturated heterocycles. The number of unbranched alkanes of at least 4 members (excludes halogenated alkanes) is 15. The molecule has 0 bridgehead atoms. The third-order valence-corrected chi connectivity index (χ3v) is 6.26. The number of carbonyl (C=O) groups excluding carboxylic acids is 5. The molecule has 0 aromatic rings. The molecule has 0 rings (SSSR count). The molecular weight excluding hydrogens is 380 g/mol. The summed E-state index contributed by atoms with van der Waals surface area (Å²) in [7, 11) is 0. The first-order valence-corrected chi connectivity index (χ1v) is 11.9. The lowest BCUT2D eigenvalue weighted by molar-refractivity contribution is -0.151. The highest BCUT2D eigenvalue weighted by atomic mass is 16.2. The van der Waals surface area contributed by atoms with Crippen LogP contribution in [0.15, 0.2) is 0 Å². The molecule has 0 aromatic carbocycles. The topological polar surface area (TPSA) is 85.3 Å². The first kappa shape index (κ1) is 28.4. The molecule has 0 saturated carbocycles. The van der Waals surface area contributed by atoms with E-state index in [0.717, 1.165) is 19.3 Å². The van der Waals surface area contributed by atoms with Gasteiger partial charge in [-0.2, -0.15) is 0 Å². The maximum absolute atomic E-state index is 11.5. The van der Waals surface area contributed by atoms with Gasteiger partial charge < -0.3 is 24.0 Å². The van der Waals surface area contributed by atoms with E-state index in [1.165, 1.54) is 77.0 Å². The van der Waals surface area contributed by atoms with Gasteiger partial charge in [0.1, 0.15) is 36.8 Å². The number of carbonyl (C=O) groups is 5. The van der Waals surface area contributed by atoms with E-state index in [1.54, 1.807) is 0 Å². The predicted molar refractivity (Wildman–Crippen MR) is 119 cm³/mol. The van der Waals surface area contributed by atoms with Crippen LogP contribution in [0.1, 0.15) is 116 Å². The highest BCUT2D eigenvalue weighted by molar-refractivity contribution is 6.11. The van der Waals surface area contributed by atoms with Gasteiger partial charge in [-0.1, -0.05) is 110 Å². The lowest BCUT2D eigenvalue weighted by atomic mass is 9.64. The van der Waals surface area contributed by atoms with Crippen LogP contribution in [-0.2, 0) is 24.0 Å². The van der Waals surface area contributed by atoms with Crippen LogP contribution in [0, 0.1) is 10.8 Å². The zero-order valence-electron chi connectivity index (χ0n) is 18.9. The Morgan fingerprint density at radius 2 is 0.733 bits per heavy atom. The van der Waals surface area contributed by atoms with Crippen LogP contribution in [-0.4, -0.2) is 31.4 Å². The van der Waals surface area contributed by atoms with Gasteiger partial charge in [0.15, 0.2) is 5.41 Å². The van der Waals surface area contributed by atoms with Crippen LogP contribution in [0.2, 0.25) is 0 Å². The number of hydrogen-bond acceptors (Lipinski definition) is 5. The van der Waals surface area contributed by atoms with E-state index in [4.69, 9.17) is 0 Å². The highest BCUT2D eigenvalue weighted by Gasteiger charge is 2.52. The molecule has 0 radical (unpaired) electrons. The average molecular weight is 423 g/mol. The molecule has 30 heavy (non-hydrogen) atoms. The van der Waals surface area contributed by atoms with E-state index >= 15 is 0 Å². The maximum atomic E-state index is 11.5. The van der Waals surface area contributed by atoms with Crippen molar-refractivity contribution in [3.8, 4) is 0 Å². The molecule has 0 unspecified atom stereocenters. The van der Waals surface area contributed by atoms with Crippen LogP contribution in [0.4, 0.5) is 0 Å². The Labute approximate surface area is 182 Å². The van der Waals surface area contributed by atoms with Crippen molar-refractivity contribution in [2.75, 3.05) is 0 Å². The maximum Gasteiger partial charge on any atom is 0.155 e. The van der Waals surface area contributed by atoms with Crippen LogP contribution < -0.4 is 0 Å². The van der Waals surface area contributed by atoms with Crippen LogP contribution >= 0.6 is 0 Å². The molecule has 5 heteroatoms. The van der Waals surface area contributed by atoms with Gasteiger partial charge in [0.05, 0.1) is 0 Å². The zero-order chi connectivity index (χ0) is 22.6. The average Bonchev–Trinajstić information content (AvgIpc) is 2.78. The molecule has 172 valence electrons. The number of rotatable bonds is 23. The van der Waals surface area contributed by atoms with Gasteiger partial charge in [0, 0.05) is 0 Å². The quantitative estimate of drug-likeness (QED) is 0.121. The van der Waals surface area contributed by atoms with E-state index in [2.05, 4.69) is 6.92 Å². The van der Waals surface area contributed by atoms with E-state index < -0.39 is 10.8 Å². The van der Waals surface area contributed by atoms with Gasteiger partial charge in [-0.05, 0) is 6.42 Å². The lowest BCUT2D eigenvalue weighted by Crippen LogP contribution is -2.48. The summed E-state index contributed by atoms with van der Waals surface area (Å²) in [5.74, 6) is 0. The van der Waals surface area contributed by atoms with Crippen LogP contribution in [0.25, 0.3) is 0 Å². The molecule has 0 aliphatic carbocycles. The Balaban J connectivity index is 3.80. The number of hydrogen-bond donors (Lipinski definition) is 0. The Bertz CT molecular complexity index is 456. The fraction of sp³-hybridized carbons (Fsp3) is 0.800. The van der Waals surface area contributed by atoms with Crippen molar-refractivity contribution in [3.63, 3.8) is 0 Å². The fourth-order valence-electron chi connectivity index (χ4n) is 3.94. The summed E-state index contributed by atoms with van der Waals surface area (Å²) in [6.07, 6.45) is 20.2. The molecule has 0 N–H and O–H groups in total. The zero-order valence-corrected chi connectivity index (χ0v) is 18.9. The summed E-state index contributed by atoms with van der Waals surface area (Å²) < 4.78 is 0. The van der Waals surface area contributed by atoms with Gasteiger partial charge in [0.25, 0.3) is 0 Å². The summed E-state index contributed by atoms with van der Waals surface area (Å²) in [6.45, 7) is 2.25. The molecule has 0 fully saturated rings. The summed E-state index contributed by atoms with van der Waals surface area (Å²) in [5.41, 5.74) is -4.08. The van der Waals surface area contributed by atoms with Gasteiger partial charge in [-0.15, -0.1) is 0 Å². The summed E-state index contributed by atoms with van der Waals surface area (Å²) in [6, 6.07) is 0. The second-order valence-corrected chi connectivity index (χ2v) is 8.62. The smallest absolute Gasteiger partial charge is 0.155 e. The summed E-state index contributed by atoms with van der Waals surface area (Å²) in [5, 5.41) is 0. The van der Waals surface area contributed by atoms with Crippen molar-refractivity contribution < 1.29 is 24.0 Å². The molecule has 0 aliphatic rings. The third kappa shape index (κ3) is 9.90. The predicted octanol–water partition coefficient (Wildman–Crippen LogP) is 5.61. The van der Waals surface area contributed by atoms with Gasteiger partial charge in [-0.25, -0.2) is 0 Å².